The lowest BCUT2D eigenvalue weighted by Gasteiger charge is -1.92. The number of carboxylic acid groups (broad SMARTS) is 1. The minimum atomic E-state index is -0.876. The van der Waals surface area contributed by atoms with Crippen molar-refractivity contribution < 1.29 is 9.90 Å². The van der Waals surface area contributed by atoms with Crippen LogP contribution in [0, 0.1) is 0 Å². The summed E-state index contributed by atoms with van der Waals surface area (Å²) in [7, 11) is 0. The Morgan fingerprint density at radius 2 is 2.50 bits per heavy atom. The van der Waals surface area contributed by atoms with Crippen molar-refractivity contribution in [2.45, 2.75) is 13.3 Å². The van der Waals surface area contributed by atoms with E-state index in [9.17, 15) is 4.79 Å². The molecule has 0 saturated carbocycles. The first-order valence-electron chi connectivity index (χ1n) is 2.40. The molecule has 0 spiro atoms. The average Bonchev–Trinajstić information content (AvgIpc) is 1.66. The maximum atomic E-state index is 9.77. The Balaban J connectivity index is 2.82. The summed E-state index contributed by atoms with van der Waals surface area (Å²) in [6, 6.07) is 0. The molecule has 0 aliphatic heterocycles. The van der Waals surface area contributed by atoms with Crippen molar-refractivity contribution in [3.63, 3.8) is 0 Å². The van der Waals surface area contributed by atoms with Crippen LogP contribution in [0.4, 0.5) is 4.79 Å². The molecule has 0 bridgehead atoms. The van der Waals surface area contributed by atoms with Crippen LogP contribution in [0.2, 0.25) is 0 Å². The predicted octanol–water partition coefficient (Wildman–Crippen LogP) is 1.31. The number of hydrogen-bond donors (Lipinski definition) is 2. The number of nitrogens with one attached hydrogen (secondary N) is 1. The van der Waals surface area contributed by atoms with Crippen LogP contribution in [0.5, 0.6) is 0 Å². The Bertz CT molecular complexity index is 76.4. The molecule has 0 amide bonds. The Morgan fingerprint density at radius 1 is 1.88 bits per heavy atom. The van der Waals surface area contributed by atoms with Crippen molar-refractivity contribution in [3.8, 4) is 0 Å². The van der Waals surface area contributed by atoms with E-state index < -0.39 is 5.30 Å². The van der Waals surface area contributed by atoms with Gasteiger partial charge in [-0.15, -0.1) is 0 Å². The highest BCUT2D eigenvalue weighted by Crippen LogP contribution is 1.92. The summed E-state index contributed by atoms with van der Waals surface area (Å²) in [4.78, 5) is 9.77. The summed E-state index contributed by atoms with van der Waals surface area (Å²) < 4.78 is 2.65. The zero-order valence-electron chi connectivity index (χ0n) is 4.68. The zero-order valence-corrected chi connectivity index (χ0v) is 5.49. The molecule has 0 radical (unpaired) electrons. The van der Waals surface area contributed by atoms with Gasteiger partial charge in [-0.1, -0.05) is 6.92 Å². The average molecular weight is 135 g/mol. The van der Waals surface area contributed by atoms with Gasteiger partial charge in [0.05, 0.1) is 0 Å². The SMILES string of the molecule is CCCNSC(=O)O. The van der Waals surface area contributed by atoms with Crippen molar-refractivity contribution >= 4 is 17.2 Å². The normalized spacial score (nSPS) is 9.12. The quantitative estimate of drug-likeness (QED) is 0.452. The first-order valence-corrected chi connectivity index (χ1v) is 3.21. The number of carbonyl (C=O) groups is 1. The number of rotatable bonds is 3. The van der Waals surface area contributed by atoms with E-state index in [1.807, 2.05) is 6.92 Å². The molecule has 0 atom stereocenters. The molecule has 0 aliphatic rings. The fraction of sp³-hybridized carbons (Fsp3) is 0.750. The van der Waals surface area contributed by atoms with Crippen molar-refractivity contribution in [1.82, 2.24) is 4.72 Å². The molecule has 0 aromatic heterocycles. The Labute approximate surface area is 52.6 Å². The van der Waals surface area contributed by atoms with E-state index in [0.717, 1.165) is 24.9 Å². The third-order valence-corrected chi connectivity index (χ3v) is 1.03. The van der Waals surface area contributed by atoms with Crippen LogP contribution < -0.4 is 4.72 Å². The van der Waals surface area contributed by atoms with E-state index in [1.165, 1.54) is 0 Å². The maximum absolute atomic E-state index is 9.77. The lowest BCUT2D eigenvalue weighted by molar-refractivity contribution is 0.222. The lowest BCUT2D eigenvalue weighted by atomic mass is 10.5. The van der Waals surface area contributed by atoms with Gasteiger partial charge in [0.25, 0.3) is 0 Å². The van der Waals surface area contributed by atoms with Crippen molar-refractivity contribution in [2.75, 3.05) is 6.54 Å². The molecular weight excluding hydrogens is 126 g/mol. The molecule has 0 saturated heterocycles. The molecule has 0 aromatic carbocycles. The van der Waals surface area contributed by atoms with Crippen LogP contribution in [0.15, 0.2) is 0 Å². The van der Waals surface area contributed by atoms with Crippen LogP contribution in [-0.2, 0) is 0 Å². The van der Waals surface area contributed by atoms with Gasteiger partial charge in [-0.2, -0.15) is 0 Å². The van der Waals surface area contributed by atoms with Crippen LogP contribution in [0.1, 0.15) is 13.3 Å². The predicted molar refractivity (Wildman–Crippen MR) is 33.9 cm³/mol. The van der Waals surface area contributed by atoms with Gasteiger partial charge in [0.15, 0.2) is 0 Å². The molecule has 0 rings (SSSR count). The first kappa shape index (κ1) is 7.78. The molecule has 3 nitrogen and oxygen atoms in total. The van der Waals surface area contributed by atoms with E-state index in [1.54, 1.807) is 0 Å². The second-order valence-corrected chi connectivity index (χ2v) is 2.10. The topological polar surface area (TPSA) is 49.3 Å². The van der Waals surface area contributed by atoms with Crippen LogP contribution in [-0.4, -0.2) is 17.0 Å². The van der Waals surface area contributed by atoms with Gasteiger partial charge in [0, 0.05) is 18.5 Å². The van der Waals surface area contributed by atoms with E-state index in [4.69, 9.17) is 5.11 Å². The summed E-state index contributed by atoms with van der Waals surface area (Å²) >= 11 is 0.722. The van der Waals surface area contributed by atoms with Crippen LogP contribution in [0.25, 0.3) is 0 Å². The fourth-order valence-corrected chi connectivity index (χ4v) is 0.644. The molecule has 0 fully saturated rings. The second-order valence-electron chi connectivity index (χ2n) is 1.26. The van der Waals surface area contributed by atoms with E-state index in [0.29, 0.717) is 0 Å². The molecule has 2 N–H and O–H groups in total. The van der Waals surface area contributed by atoms with Crippen molar-refractivity contribution in [1.29, 1.82) is 0 Å². The maximum Gasteiger partial charge on any atom is 0.380 e. The Hall–Kier alpha value is -0.220. The Morgan fingerprint density at radius 3 is 2.88 bits per heavy atom. The summed E-state index contributed by atoms with van der Waals surface area (Å²) in [6.07, 6.45) is 0.959. The van der Waals surface area contributed by atoms with Gasteiger partial charge in [0.1, 0.15) is 0 Å². The molecule has 0 unspecified atom stereocenters. The summed E-state index contributed by atoms with van der Waals surface area (Å²) in [5, 5.41) is 7.16. The molecule has 48 valence electrons. The second kappa shape index (κ2) is 4.93. The zero-order chi connectivity index (χ0) is 6.41. The Kier molecular flexibility index (Phi) is 4.79. The molecule has 8 heavy (non-hydrogen) atoms. The van der Waals surface area contributed by atoms with E-state index in [-0.39, 0.29) is 0 Å². The smallest absolute Gasteiger partial charge is 0.380 e. The van der Waals surface area contributed by atoms with E-state index in [2.05, 4.69) is 4.72 Å². The van der Waals surface area contributed by atoms with Gasteiger partial charge in [-0.3, -0.25) is 4.72 Å². The largest absolute Gasteiger partial charge is 0.472 e. The monoisotopic (exact) mass is 135 g/mol. The van der Waals surface area contributed by atoms with Crippen LogP contribution in [0.3, 0.4) is 0 Å². The van der Waals surface area contributed by atoms with Crippen molar-refractivity contribution in [2.24, 2.45) is 0 Å². The molecule has 0 aliphatic carbocycles. The lowest BCUT2D eigenvalue weighted by Crippen LogP contribution is -2.06. The highest BCUT2D eigenvalue weighted by atomic mass is 32.2. The fourth-order valence-electron chi connectivity index (χ4n) is 0.215. The highest BCUT2D eigenvalue weighted by Gasteiger charge is 1.92. The van der Waals surface area contributed by atoms with Gasteiger partial charge >= 0.3 is 5.30 Å². The molecular formula is C4H9NO2S. The number of hydrogen-bond acceptors (Lipinski definition) is 3. The third-order valence-electron chi connectivity index (χ3n) is 0.512. The van der Waals surface area contributed by atoms with Gasteiger partial charge in [-0.25, -0.2) is 4.79 Å². The summed E-state index contributed by atoms with van der Waals surface area (Å²) in [5.41, 5.74) is 0. The minimum Gasteiger partial charge on any atom is -0.472 e. The van der Waals surface area contributed by atoms with Gasteiger partial charge in [0.2, 0.25) is 0 Å². The summed E-state index contributed by atoms with van der Waals surface area (Å²) in [5.74, 6) is 0. The van der Waals surface area contributed by atoms with E-state index >= 15 is 0 Å². The molecule has 0 aromatic rings. The van der Waals surface area contributed by atoms with Crippen molar-refractivity contribution in [3.05, 3.63) is 0 Å². The van der Waals surface area contributed by atoms with Crippen LogP contribution >= 0.6 is 11.9 Å². The molecule has 4 heteroatoms. The highest BCUT2D eigenvalue weighted by molar-refractivity contribution is 8.11. The van der Waals surface area contributed by atoms with Gasteiger partial charge in [-0.05, 0) is 6.42 Å². The third kappa shape index (κ3) is 5.78. The van der Waals surface area contributed by atoms with Gasteiger partial charge < -0.3 is 5.11 Å². The standard InChI is InChI=1S/C4H9NO2S/c1-2-3-5-8-4(6)7/h5H,2-3H2,1H3,(H,6,7). The first-order chi connectivity index (χ1) is 3.77. The minimum absolute atomic E-state index is 0.722. The summed E-state index contributed by atoms with van der Waals surface area (Å²) in [6.45, 7) is 2.73. The molecule has 0 heterocycles.